The van der Waals surface area contributed by atoms with Crippen molar-refractivity contribution in [2.45, 2.75) is 133 Å². The molecule has 0 N–H and O–H groups in total. The van der Waals surface area contributed by atoms with E-state index in [9.17, 15) is 0 Å². The third kappa shape index (κ3) is 9.76. The number of pyridine rings is 4. The lowest BCUT2D eigenvalue weighted by molar-refractivity contribution is -0.136. The molecule has 0 amide bonds. The van der Waals surface area contributed by atoms with Crippen molar-refractivity contribution < 1.29 is 56.8 Å². The van der Waals surface area contributed by atoms with Crippen LogP contribution in [0, 0.1) is 33.1 Å². The van der Waals surface area contributed by atoms with Crippen molar-refractivity contribution in [3.8, 4) is 23.0 Å². The summed E-state index contributed by atoms with van der Waals surface area (Å²) in [6, 6.07) is 0. The minimum Gasteiger partial charge on any atom is -0.490 e. The van der Waals surface area contributed by atoms with Gasteiger partial charge in [0.05, 0.1) is 75.6 Å². The number of rotatable bonds is 12. The van der Waals surface area contributed by atoms with Gasteiger partial charge in [-0.3, -0.25) is 19.9 Å². The molecule has 4 atom stereocenters. The molecule has 8 rings (SSSR count). The molecular weight excluding hydrogens is 789 g/mol. The summed E-state index contributed by atoms with van der Waals surface area (Å²) >= 11 is 0. The van der Waals surface area contributed by atoms with E-state index in [1.807, 2.05) is 80.2 Å². The highest BCUT2D eigenvalue weighted by Crippen LogP contribution is 2.38. The number of nitrogens with zero attached hydrogens (tertiary/aromatic N) is 4. The van der Waals surface area contributed by atoms with Gasteiger partial charge >= 0.3 is 0 Å². The molecule has 4 aromatic heterocycles. The van der Waals surface area contributed by atoms with Crippen LogP contribution in [0.2, 0.25) is 0 Å². The normalized spacial score (nSPS) is 22.4. The molecule has 0 aromatic carbocycles. The molecule has 0 radical (unpaired) electrons. The van der Waals surface area contributed by atoms with Crippen LogP contribution < -0.4 is 18.9 Å². The average Bonchev–Trinajstić information content (AvgIpc) is 3.73. The van der Waals surface area contributed by atoms with Crippen LogP contribution in [0.5, 0.6) is 23.0 Å². The zero-order valence-electron chi connectivity index (χ0n) is 36.3. The second-order valence-corrected chi connectivity index (χ2v) is 16.1. The van der Waals surface area contributed by atoms with Gasteiger partial charge in [0.15, 0.2) is 25.2 Å². The number of ether oxygens (including phenoxy) is 12. The Morgan fingerprint density at radius 1 is 0.393 bits per heavy atom. The smallest absolute Gasteiger partial charge is 0.155 e. The molecule has 4 aromatic rings. The van der Waals surface area contributed by atoms with E-state index in [0.29, 0.717) is 72.2 Å². The highest BCUT2D eigenvalue weighted by molar-refractivity contribution is 5.45. The van der Waals surface area contributed by atoms with Crippen molar-refractivity contribution in [3.63, 3.8) is 0 Å². The quantitative estimate of drug-likeness (QED) is 0.148. The van der Waals surface area contributed by atoms with Crippen LogP contribution >= 0.6 is 0 Å². The second-order valence-electron chi connectivity index (χ2n) is 16.1. The van der Waals surface area contributed by atoms with Crippen LogP contribution in [0.15, 0.2) is 24.8 Å². The Kier molecular flexibility index (Phi) is 13.3. The molecule has 4 aliphatic rings. The summed E-state index contributed by atoms with van der Waals surface area (Å²) in [6.45, 7) is 17.9. The lowest BCUT2D eigenvalue weighted by Gasteiger charge is -2.35. The van der Waals surface area contributed by atoms with E-state index >= 15 is 0 Å². The molecule has 4 aliphatic heterocycles. The summed E-state index contributed by atoms with van der Waals surface area (Å²) < 4.78 is 75.6. The highest BCUT2D eigenvalue weighted by atomic mass is 16.7. The van der Waals surface area contributed by atoms with E-state index in [-0.39, 0.29) is 52.9 Å². The van der Waals surface area contributed by atoms with Gasteiger partial charge in [-0.25, -0.2) is 0 Å². The number of hydrogen-bond acceptors (Lipinski definition) is 16. The monoisotopic (exact) mass is 844 g/mol. The average molecular weight is 845 g/mol. The third-order valence-electron chi connectivity index (χ3n) is 11.5. The predicted octanol–water partition coefficient (Wildman–Crippen LogP) is 6.67. The molecule has 0 spiro atoms. The zero-order valence-corrected chi connectivity index (χ0v) is 36.3. The van der Waals surface area contributed by atoms with Crippen molar-refractivity contribution in [2.24, 2.45) is 5.41 Å². The number of aromatic nitrogens is 4. The summed E-state index contributed by atoms with van der Waals surface area (Å²) in [5, 5.41) is 0. The summed E-state index contributed by atoms with van der Waals surface area (Å²) in [5.74, 6) is 2.40. The zero-order chi connectivity index (χ0) is 42.7. The lowest BCUT2D eigenvalue weighted by Crippen LogP contribution is -2.46. The van der Waals surface area contributed by atoms with Gasteiger partial charge < -0.3 is 56.8 Å². The fourth-order valence-corrected chi connectivity index (χ4v) is 7.57. The second kappa shape index (κ2) is 18.8. The number of hydrogen-bond donors (Lipinski definition) is 0. The Bertz CT molecular complexity index is 1900. The minimum absolute atomic E-state index is 0.0663. The molecule has 16 nitrogen and oxygen atoms in total. The Morgan fingerprint density at radius 2 is 0.607 bits per heavy atom. The van der Waals surface area contributed by atoms with Gasteiger partial charge in [0.25, 0.3) is 0 Å². The van der Waals surface area contributed by atoms with Gasteiger partial charge in [-0.05, 0) is 55.4 Å². The standard InChI is InChI=1S/C45H56N4O12/c1-25-41(37-17-54-29(5)50-13-33(37)9-46-25)58-21-45(22-59-42-26(2)47-10-34-14-51-30(6)55-18-38(34)42,23-60-43-27(3)48-11-35-15-52-31(7)56-19-39(35)43)24-61-44-28(4)49-12-36-16-53-32(8)57-20-40(36)44/h9-12,29-32H,13-24H2,1-8H3. The SMILES string of the molecule is Cc1ncc2c(c1OCC(COc1c(C)ncc3c1COC(C)OC3)(COc1c(C)ncc3c1COC(C)OC3)COc1c(C)ncc3c1COC(C)OC3)COC(C)OC2. The van der Waals surface area contributed by atoms with Crippen molar-refractivity contribution >= 4 is 0 Å². The fraction of sp³-hybridized carbons (Fsp3) is 0.556. The van der Waals surface area contributed by atoms with Gasteiger partial charge in [-0.15, -0.1) is 0 Å². The molecule has 0 saturated heterocycles. The van der Waals surface area contributed by atoms with Crippen LogP contribution in [0.1, 0.15) is 95.0 Å². The summed E-state index contributed by atoms with van der Waals surface area (Å²) in [4.78, 5) is 18.8. The first-order valence-electron chi connectivity index (χ1n) is 20.8. The molecule has 0 fully saturated rings. The number of fused-ring (bicyclic) bond motifs is 4. The third-order valence-corrected chi connectivity index (χ3v) is 11.5. The summed E-state index contributed by atoms with van der Waals surface area (Å²) in [5.41, 5.74) is 8.80. The Balaban J connectivity index is 1.21. The molecule has 0 bridgehead atoms. The summed E-state index contributed by atoms with van der Waals surface area (Å²) in [6.07, 6.45) is 5.70. The van der Waals surface area contributed by atoms with Crippen LogP contribution in [0.25, 0.3) is 0 Å². The molecule has 0 saturated carbocycles. The van der Waals surface area contributed by atoms with E-state index in [4.69, 9.17) is 76.8 Å². The minimum atomic E-state index is -1.04. The maximum absolute atomic E-state index is 6.97. The maximum atomic E-state index is 6.97. The van der Waals surface area contributed by atoms with Crippen LogP contribution in [-0.2, 0) is 90.7 Å². The van der Waals surface area contributed by atoms with Gasteiger partial charge in [-0.2, -0.15) is 0 Å². The molecule has 4 unspecified atom stereocenters. The summed E-state index contributed by atoms with van der Waals surface area (Å²) in [7, 11) is 0. The molecular formula is C45H56N4O12. The van der Waals surface area contributed by atoms with Crippen LogP contribution in [0.4, 0.5) is 0 Å². The van der Waals surface area contributed by atoms with E-state index in [1.54, 1.807) is 0 Å². The first-order chi connectivity index (χ1) is 29.5. The maximum Gasteiger partial charge on any atom is 0.155 e. The van der Waals surface area contributed by atoms with Crippen LogP contribution in [0.3, 0.4) is 0 Å². The topological polar surface area (TPSA) is 162 Å². The Labute approximate surface area is 356 Å². The molecule has 8 heterocycles. The first-order valence-corrected chi connectivity index (χ1v) is 20.8. The van der Waals surface area contributed by atoms with E-state index in [0.717, 1.165) is 44.5 Å². The Morgan fingerprint density at radius 3 is 0.836 bits per heavy atom. The van der Waals surface area contributed by atoms with E-state index in [2.05, 4.69) is 0 Å². The largest absolute Gasteiger partial charge is 0.490 e. The van der Waals surface area contributed by atoms with Crippen molar-refractivity contribution in [3.05, 3.63) is 92.1 Å². The first kappa shape index (κ1) is 43.1. The predicted molar refractivity (Wildman–Crippen MR) is 216 cm³/mol. The highest BCUT2D eigenvalue weighted by Gasteiger charge is 2.39. The lowest BCUT2D eigenvalue weighted by atomic mass is 9.91. The number of aryl methyl sites for hydroxylation is 4. The van der Waals surface area contributed by atoms with Crippen molar-refractivity contribution in [2.75, 3.05) is 26.4 Å². The van der Waals surface area contributed by atoms with Gasteiger partial charge in [0.2, 0.25) is 0 Å². The Hall–Kier alpha value is -4.52. The molecule has 16 heteroatoms. The van der Waals surface area contributed by atoms with E-state index < -0.39 is 30.6 Å². The molecule has 328 valence electrons. The molecule has 0 aliphatic carbocycles. The van der Waals surface area contributed by atoms with Gasteiger partial charge in [-0.1, -0.05) is 0 Å². The van der Waals surface area contributed by atoms with Gasteiger partial charge in [0.1, 0.15) is 54.8 Å². The van der Waals surface area contributed by atoms with Gasteiger partial charge in [0, 0.05) is 69.3 Å². The molecule has 61 heavy (non-hydrogen) atoms. The van der Waals surface area contributed by atoms with Crippen molar-refractivity contribution in [1.29, 1.82) is 0 Å². The van der Waals surface area contributed by atoms with E-state index in [1.165, 1.54) is 0 Å². The van der Waals surface area contributed by atoms with Crippen molar-refractivity contribution in [1.82, 2.24) is 19.9 Å². The van der Waals surface area contributed by atoms with Crippen LogP contribution in [-0.4, -0.2) is 71.5 Å². The fourth-order valence-electron chi connectivity index (χ4n) is 7.57.